The Morgan fingerprint density at radius 1 is 1.02 bits per heavy atom. The number of carbonyl (C=O) groups excluding carboxylic acids is 2. The highest BCUT2D eigenvalue weighted by Gasteiger charge is 2.31. The number of anilines is 3. The van der Waals surface area contributed by atoms with Gasteiger partial charge in [0.05, 0.1) is 30.1 Å². The molecular weight excluding hydrogens is 589 g/mol. The van der Waals surface area contributed by atoms with Gasteiger partial charge in [-0.05, 0) is 74.8 Å². The molecule has 0 unspecified atom stereocenters. The van der Waals surface area contributed by atoms with Crippen LogP contribution in [0.2, 0.25) is 0 Å². The summed E-state index contributed by atoms with van der Waals surface area (Å²) in [6, 6.07) is 6.23. The lowest BCUT2D eigenvalue weighted by Crippen LogP contribution is -2.37. The Bertz CT molecular complexity index is 1700. The molecular formula is C29H28F5N7O3. The Kier molecular flexibility index (Phi) is 8.67. The fourth-order valence-electron chi connectivity index (χ4n) is 5.24. The van der Waals surface area contributed by atoms with Gasteiger partial charge in [-0.1, -0.05) is 6.07 Å². The van der Waals surface area contributed by atoms with Gasteiger partial charge in [-0.3, -0.25) is 9.69 Å². The molecule has 5 rings (SSSR count). The molecule has 44 heavy (non-hydrogen) atoms. The van der Waals surface area contributed by atoms with Crippen LogP contribution >= 0.6 is 0 Å². The van der Waals surface area contributed by atoms with Crippen molar-refractivity contribution in [1.82, 2.24) is 19.5 Å². The van der Waals surface area contributed by atoms with Gasteiger partial charge in [-0.2, -0.15) is 18.3 Å². The molecule has 0 spiro atoms. The maximum absolute atomic E-state index is 15.2. The second-order valence-electron chi connectivity index (χ2n) is 10.2. The number of nitrogen functional groups attached to an aromatic ring is 1. The predicted octanol–water partition coefficient (Wildman–Crippen LogP) is 5.66. The van der Waals surface area contributed by atoms with E-state index in [-0.39, 0.29) is 29.9 Å². The zero-order chi connectivity index (χ0) is 31.6. The number of likely N-dealkylation sites (tertiary alicyclic amines) is 1. The fraction of sp³-hybridized carbons (Fsp3) is 0.310. The quantitative estimate of drug-likeness (QED) is 0.180. The van der Waals surface area contributed by atoms with Gasteiger partial charge in [0.1, 0.15) is 23.5 Å². The van der Waals surface area contributed by atoms with E-state index in [4.69, 9.17) is 10.5 Å². The van der Waals surface area contributed by atoms with E-state index in [1.54, 1.807) is 11.4 Å². The number of esters is 1. The Morgan fingerprint density at radius 3 is 2.43 bits per heavy atom. The number of nitrogens with zero attached hydrogens (tertiary/aromatic N) is 4. The molecule has 4 aromatic rings. The third-order valence-corrected chi connectivity index (χ3v) is 7.34. The number of halogens is 5. The van der Waals surface area contributed by atoms with Crippen LogP contribution in [0.15, 0.2) is 48.8 Å². The molecule has 3 heterocycles. The maximum atomic E-state index is 15.2. The summed E-state index contributed by atoms with van der Waals surface area (Å²) in [7, 11) is 0. The molecule has 2 aromatic heterocycles. The lowest BCUT2D eigenvalue weighted by Gasteiger charge is -2.30. The summed E-state index contributed by atoms with van der Waals surface area (Å²) in [5.41, 5.74) is 6.30. The van der Waals surface area contributed by atoms with Gasteiger partial charge in [-0.15, -0.1) is 0 Å². The molecule has 0 bridgehead atoms. The molecule has 1 aliphatic rings. The van der Waals surface area contributed by atoms with E-state index in [0.29, 0.717) is 54.5 Å². The van der Waals surface area contributed by atoms with E-state index < -0.39 is 35.1 Å². The molecule has 10 nitrogen and oxygen atoms in total. The maximum Gasteiger partial charge on any atom is 0.416 e. The van der Waals surface area contributed by atoms with E-state index in [0.717, 1.165) is 24.6 Å². The number of hydrogen-bond acceptors (Lipinski definition) is 7. The molecule has 0 atom stereocenters. The Labute approximate surface area is 248 Å². The number of alkyl halides is 3. The van der Waals surface area contributed by atoms with Crippen LogP contribution in [-0.4, -0.2) is 57.7 Å². The van der Waals surface area contributed by atoms with Crippen LogP contribution in [0.25, 0.3) is 16.6 Å². The molecule has 1 fully saturated rings. The minimum absolute atomic E-state index is 0.0646. The van der Waals surface area contributed by atoms with Crippen molar-refractivity contribution < 1.29 is 36.3 Å². The minimum atomic E-state index is -4.75. The smallest absolute Gasteiger partial charge is 0.416 e. The first-order chi connectivity index (χ1) is 20.9. The number of ether oxygens (including phenoxy) is 1. The topological polar surface area (TPSA) is 127 Å². The summed E-state index contributed by atoms with van der Waals surface area (Å²) in [6.07, 6.45) is -1.96. The SMILES string of the molecule is CCOC(=O)CN1CCC(c2cc(-c3ccc(NC(=O)Nc4cc(C(F)(F)F)ccc4F)c(F)c3)c3c(N)ncnn23)CC1. The number of carbonyl (C=O) groups is 2. The predicted molar refractivity (Wildman–Crippen MR) is 152 cm³/mol. The number of fused-ring (bicyclic) bond motifs is 1. The highest BCUT2D eigenvalue weighted by atomic mass is 19.4. The molecule has 232 valence electrons. The third-order valence-electron chi connectivity index (χ3n) is 7.34. The van der Waals surface area contributed by atoms with Gasteiger partial charge in [0, 0.05) is 17.2 Å². The lowest BCUT2D eigenvalue weighted by atomic mass is 9.93. The van der Waals surface area contributed by atoms with Crippen LogP contribution < -0.4 is 16.4 Å². The minimum Gasteiger partial charge on any atom is -0.465 e. The summed E-state index contributed by atoms with van der Waals surface area (Å²) in [4.78, 5) is 30.4. The first kappa shape index (κ1) is 30.7. The average molecular weight is 618 g/mol. The summed E-state index contributed by atoms with van der Waals surface area (Å²) >= 11 is 0. The number of benzene rings is 2. The standard InChI is InChI=1S/C29H28F5N7O3/c1-2-44-25(42)14-40-9-7-16(8-10-40)24-13-19(26-27(35)36-15-37-41(24)26)17-3-6-22(21(31)11-17)38-28(43)39-23-12-18(29(32,33)34)4-5-20(23)30/h3-6,11-13,15-16H,2,7-10,14H2,1H3,(H2,35,36,37)(H2,38,39,43). The average Bonchev–Trinajstić information content (AvgIpc) is 3.36. The van der Waals surface area contributed by atoms with E-state index >= 15 is 4.39 Å². The van der Waals surface area contributed by atoms with E-state index in [1.807, 2.05) is 16.3 Å². The Morgan fingerprint density at radius 2 is 1.75 bits per heavy atom. The Hall–Kier alpha value is -4.79. The van der Waals surface area contributed by atoms with Gasteiger partial charge in [0.2, 0.25) is 0 Å². The highest BCUT2D eigenvalue weighted by Crippen LogP contribution is 2.37. The summed E-state index contributed by atoms with van der Waals surface area (Å²) in [6.45, 7) is 3.61. The van der Waals surface area contributed by atoms with Crippen molar-refractivity contribution in [3.05, 3.63) is 71.7 Å². The molecule has 15 heteroatoms. The van der Waals surface area contributed by atoms with Crippen molar-refractivity contribution in [1.29, 1.82) is 0 Å². The van der Waals surface area contributed by atoms with Crippen molar-refractivity contribution in [2.45, 2.75) is 31.9 Å². The first-order valence-electron chi connectivity index (χ1n) is 13.7. The zero-order valence-electron chi connectivity index (χ0n) is 23.4. The molecule has 1 aliphatic heterocycles. The van der Waals surface area contributed by atoms with Gasteiger partial charge in [0.25, 0.3) is 0 Å². The van der Waals surface area contributed by atoms with Crippen LogP contribution in [0, 0.1) is 11.6 Å². The number of nitrogens with two attached hydrogens (primary N) is 1. The molecule has 4 N–H and O–H groups in total. The first-order valence-corrected chi connectivity index (χ1v) is 13.7. The number of hydrogen-bond donors (Lipinski definition) is 3. The van der Waals surface area contributed by atoms with Crippen molar-refractivity contribution in [3.8, 4) is 11.1 Å². The van der Waals surface area contributed by atoms with E-state index in [2.05, 4.69) is 15.4 Å². The molecule has 0 aliphatic carbocycles. The van der Waals surface area contributed by atoms with Gasteiger partial charge >= 0.3 is 18.2 Å². The molecule has 2 aromatic carbocycles. The molecule has 2 amide bonds. The fourth-order valence-corrected chi connectivity index (χ4v) is 5.24. The zero-order valence-corrected chi connectivity index (χ0v) is 23.4. The van der Waals surface area contributed by atoms with Gasteiger partial charge in [0.15, 0.2) is 5.82 Å². The van der Waals surface area contributed by atoms with Crippen molar-refractivity contribution in [2.75, 3.05) is 42.6 Å². The lowest BCUT2D eigenvalue weighted by molar-refractivity contribution is -0.144. The molecule has 1 saturated heterocycles. The van der Waals surface area contributed by atoms with Gasteiger partial charge in [-0.25, -0.2) is 23.1 Å². The second kappa shape index (κ2) is 12.4. The number of amides is 2. The van der Waals surface area contributed by atoms with Gasteiger partial charge < -0.3 is 21.1 Å². The number of nitrogens with one attached hydrogen (secondary N) is 2. The summed E-state index contributed by atoms with van der Waals surface area (Å²) in [5.74, 6) is -1.99. The Balaban J connectivity index is 1.35. The third kappa shape index (κ3) is 6.56. The van der Waals surface area contributed by atoms with Crippen LogP contribution in [-0.2, 0) is 15.7 Å². The monoisotopic (exact) mass is 617 g/mol. The van der Waals surface area contributed by atoms with Crippen LogP contribution in [0.3, 0.4) is 0 Å². The second-order valence-corrected chi connectivity index (χ2v) is 10.2. The number of piperidine rings is 1. The van der Waals surface area contributed by atoms with Crippen molar-refractivity contribution in [3.63, 3.8) is 0 Å². The van der Waals surface area contributed by atoms with Crippen LogP contribution in [0.1, 0.15) is 36.9 Å². The molecule has 0 radical (unpaired) electrons. The van der Waals surface area contributed by atoms with Crippen molar-refractivity contribution in [2.24, 2.45) is 0 Å². The van der Waals surface area contributed by atoms with Crippen LogP contribution in [0.5, 0.6) is 0 Å². The number of urea groups is 1. The summed E-state index contributed by atoms with van der Waals surface area (Å²) < 4.78 is 74.9. The van der Waals surface area contributed by atoms with Crippen LogP contribution in [0.4, 0.5) is 43.9 Å². The highest BCUT2D eigenvalue weighted by molar-refractivity contribution is 6.00. The number of aromatic nitrogens is 3. The van der Waals surface area contributed by atoms with E-state index in [9.17, 15) is 27.2 Å². The summed E-state index contributed by atoms with van der Waals surface area (Å²) in [5, 5.41) is 8.55. The normalized spacial score (nSPS) is 14.5. The van der Waals surface area contributed by atoms with Crippen molar-refractivity contribution >= 4 is 34.7 Å². The molecule has 0 saturated carbocycles. The van der Waals surface area contributed by atoms with E-state index in [1.165, 1.54) is 18.5 Å². The number of rotatable bonds is 7. The largest absolute Gasteiger partial charge is 0.465 e.